The van der Waals surface area contributed by atoms with Gasteiger partial charge in [-0.25, -0.2) is 4.79 Å². The smallest absolute Gasteiger partial charge is 0.328 e. The highest BCUT2D eigenvalue weighted by Gasteiger charge is 2.31. The van der Waals surface area contributed by atoms with Gasteiger partial charge in [0.05, 0.1) is 6.54 Å². The Hall–Kier alpha value is -1.39. The topological polar surface area (TPSA) is 66.5 Å². The highest BCUT2D eigenvalue weighted by Crippen LogP contribution is 1.97. The first kappa shape index (κ1) is 6.73. The van der Waals surface area contributed by atoms with Crippen LogP contribution in [0.25, 0.3) is 0 Å². The van der Waals surface area contributed by atoms with Gasteiger partial charge >= 0.3 is 6.03 Å². The second kappa shape index (κ2) is 2.09. The quantitative estimate of drug-likeness (QED) is 0.445. The number of imide groups is 3. The molecule has 10 heavy (non-hydrogen) atoms. The summed E-state index contributed by atoms with van der Waals surface area (Å²) < 4.78 is 0. The standard InChI is InChI=1S/C5H6N2O3/c1-3(8)7-4(9)2-6-5(7)10/h2H2,1H3,(H,6,10). The lowest BCUT2D eigenvalue weighted by Crippen LogP contribution is -2.34. The Balaban J connectivity index is 2.82. The zero-order valence-corrected chi connectivity index (χ0v) is 5.38. The molecule has 0 radical (unpaired) electrons. The second-order valence-corrected chi connectivity index (χ2v) is 1.91. The van der Waals surface area contributed by atoms with Crippen LogP contribution in [0.15, 0.2) is 0 Å². The molecule has 5 heteroatoms. The van der Waals surface area contributed by atoms with Gasteiger partial charge < -0.3 is 5.32 Å². The monoisotopic (exact) mass is 142 g/mol. The molecule has 1 rings (SSSR count). The van der Waals surface area contributed by atoms with E-state index in [0.717, 1.165) is 0 Å². The number of hydrogen-bond donors (Lipinski definition) is 1. The van der Waals surface area contributed by atoms with Crippen LogP contribution in [0.2, 0.25) is 0 Å². The molecule has 0 unspecified atom stereocenters. The molecule has 0 atom stereocenters. The third-order valence-corrected chi connectivity index (χ3v) is 1.16. The van der Waals surface area contributed by atoms with Crippen LogP contribution in [0, 0.1) is 0 Å². The molecule has 1 aliphatic heterocycles. The van der Waals surface area contributed by atoms with E-state index in [1.165, 1.54) is 6.92 Å². The van der Waals surface area contributed by atoms with Crippen LogP contribution < -0.4 is 5.32 Å². The molecule has 1 N–H and O–H groups in total. The van der Waals surface area contributed by atoms with Crippen LogP contribution in [0.5, 0.6) is 0 Å². The van der Waals surface area contributed by atoms with Gasteiger partial charge in [0.2, 0.25) is 5.91 Å². The molecule has 0 saturated carbocycles. The molecule has 0 aromatic carbocycles. The van der Waals surface area contributed by atoms with Crippen molar-refractivity contribution in [3.8, 4) is 0 Å². The lowest BCUT2D eigenvalue weighted by Gasteiger charge is -2.04. The summed E-state index contributed by atoms with van der Waals surface area (Å²) in [5.74, 6) is -1.03. The second-order valence-electron chi connectivity index (χ2n) is 1.91. The molecule has 4 amide bonds. The van der Waals surface area contributed by atoms with Gasteiger partial charge in [0.1, 0.15) is 0 Å². The van der Waals surface area contributed by atoms with Crippen molar-refractivity contribution in [1.29, 1.82) is 0 Å². The molecular formula is C5H6N2O3. The van der Waals surface area contributed by atoms with Crippen molar-refractivity contribution in [2.75, 3.05) is 6.54 Å². The Labute approximate surface area is 57.0 Å². The molecule has 5 nitrogen and oxygen atoms in total. The largest absolute Gasteiger partial charge is 0.331 e. The number of hydrogen-bond acceptors (Lipinski definition) is 3. The van der Waals surface area contributed by atoms with E-state index >= 15 is 0 Å². The first-order valence-corrected chi connectivity index (χ1v) is 2.74. The summed E-state index contributed by atoms with van der Waals surface area (Å²) in [6, 6.07) is -0.627. The average Bonchev–Trinajstić information content (AvgIpc) is 2.11. The highest BCUT2D eigenvalue weighted by molar-refractivity contribution is 6.14. The minimum Gasteiger partial charge on any atom is -0.328 e. The zero-order valence-electron chi connectivity index (χ0n) is 5.38. The van der Waals surface area contributed by atoms with E-state index in [0.29, 0.717) is 4.90 Å². The van der Waals surface area contributed by atoms with E-state index in [1.54, 1.807) is 0 Å². The molecule has 1 aliphatic rings. The molecule has 1 heterocycles. The van der Waals surface area contributed by atoms with Gasteiger partial charge in [-0.05, 0) is 0 Å². The molecule has 0 bridgehead atoms. The molecule has 0 spiro atoms. The van der Waals surface area contributed by atoms with Gasteiger partial charge in [0, 0.05) is 6.92 Å². The summed E-state index contributed by atoms with van der Waals surface area (Å²) >= 11 is 0. The average molecular weight is 142 g/mol. The number of carbonyl (C=O) groups is 3. The normalized spacial score (nSPS) is 17.5. The summed E-state index contributed by atoms with van der Waals surface area (Å²) in [5, 5.41) is 2.22. The van der Waals surface area contributed by atoms with Gasteiger partial charge in [-0.3, -0.25) is 9.59 Å². The predicted molar refractivity (Wildman–Crippen MR) is 30.9 cm³/mol. The molecular weight excluding hydrogens is 136 g/mol. The van der Waals surface area contributed by atoms with Crippen LogP contribution >= 0.6 is 0 Å². The summed E-state index contributed by atoms with van der Waals surface area (Å²) in [4.78, 5) is 32.3. The third kappa shape index (κ3) is 0.854. The lowest BCUT2D eigenvalue weighted by molar-refractivity contribution is -0.136. The van der Waals surface area contributed by atoms with E-state index in [9.17, 15) is 14.4 Å². The molecule has 0 aliphatic carbocycles. The van der Waals surface area contributed by atoms with Crippen molar-refractivity contribution >= 4 is 17.8 Å². The molecule has 54 valence electrons. The number of nitrogens with one attached hydrogen (secondary N) is 1. The van der Waals surface area contributed by atoms with E-state index in [-0.39, 0.29) is 6.54 Å². The summed E-state index contributed by atoms with van der Waals surface area (Å²) in [7, 11) is 0. The minimum atomic E-state index is -0.627. The van der Waals surface area contributed by atoms with Crippen molar-refractivity contribution in [1.82, 2.24) is 10.2 Å². The van der Waals surface area contributed by atoms with E-state index < -0.39 is 17.8 Å². The van der Waals surface area contributed by atoms with Crippen LogP contribution in [0.3, 0.4) is 0 Å². The van der Waals surface area contributed by atoms with Crippen LogP contribution in [-0.4, -0.2) is 29.3 Å². The van der Waals surface area contributed by atoms with Crippen molar-refractivity contribution in [2.24, 2.45) is 0 Å². The Morgan fingerprint density at radius 1 is 1.60 bits per heavy atom. The van der Waals surface area contributed by atoms with Gasteiger partial charge in [0.25, 0.3) is 5.91 Å². The van der Waals surface area contributed by atoms with Gasteiger partial charge in [-0.1, -0.05) is 0 Å². The van der Waals surface area contributed by atoms with E-state index in [4.69, 9.17) is 0 Å². The predicted octanol–water partition coefficient (Wildman–Crippen LogP) is -0.915. The number of amides is 4. The SMILES string of the molecule is CC(=O)N1C(=O)CNC1=O. The van der Waals surface area contributed by atoms with Crippen LogP contribution in [0.1, 0.15) is 6.92 Å². The Morgan fingerprint density at radius 2 is 2.20 bits per heavy atom. The molecule has 1 saturated heterocycles. The third-order valence-electron chi connectivity index (χ3n) is 1.16. The zero-order chi connectivity index (χ0) is 7.72. The van der Waals surface area contributed by atoms with Crippen molar-refractivity contribution < 1.29 is 14.4 Å². The highest BCUT2D eigenvalue weighted by atomic mass is 16.2. The van der Waals surface area contributed by atoms with Crippen molar-refractivity contribution in [3.63, 3.8) is 0 Å². The van der Waals surface area contributed by atoms with E-state index in [1.807, 2.05) is 0 Å². The Kier molecular flexibility index (Phi) is 1.41. The number of nitrogens with zero attached hydrogens (tertiary/aromatic N) is 1. The molecule has 0 aromatic heterocycles. The minimum absolute atomic E-state index is 0.0710. The fourth-order valence-electron chi connectivity index (χ4n) is 0.741. The van der Waals surface area contributed by atoms with E-state index in [2.05, 4.69) is 5.32 Å². The number of rotatable bonds is 0. The number of urea groups is 1. The van der Waals surface area contributed by atoms with Crippen LogP contribution in [0.4, 0.5) is 4.79 Å². The Morgan fingerprint density at radius 3 is 2.40 bits per heavy atom. The van der Waals surface area contributed by atoms with Gasteiger partial charge in [-0.2, -0.15) is 4.90 Å². The number of carbonyl (C=O) groups excluding carboxylic acids is 3. The first-order valence-electron chi connectivity index (χ1n) is 2.74. The van der Waals surface area contributed by atoms with Gasteiger partial charge in [-0.15, -0.1) is 0 Å². The maximum absolute atomic E-state index is 10.6. The van der Waals surface area contributed by atoms with Crippen molar-refractivity contribution in [3.05, 3.63) is 0 Å². The molecule has 1 fully saturated rings. The summed E-state index contributed by atoms with van der Waals surface area (Å²) in [6.45, 7) is 1.10. The van der Waals surface area contributed by atoms with Crippen LogP contribution in [-0.2, 0) is 9.59 Å². The molecule has 0 aromatic rings. The fourth-order valence-corrected chi connectivity index (χ4v) is 0.741. The van der Waals surface area contributed by atoms with Gasteiger partial charge in [0.15, 0.2) is 0 Å². The summed E-state index contributed by atoms with van der Waals surface area (Å²) in [6.07, 6.45) is 0. The maximum Gasteiger partial charge on any atom is 0.331 e. The van der Waals surface area contributed by atoms with Crippen molar-refractivity contribution in [2.45, 2.75) is 6.92 Å². The first-order chi connectivity index (χ1) is 4.63. The Bertz CT molecular complexity index is 195. The summed E-state index contributed by atoms with van der Waals surface area (Å²) in [5.41, 5.74) is 0. The lowest BCUT2D eigenvalue weighted by atomic mass is 10.5. The maximum atomic E-state index is 10.6. The fraction of sp³-hybridized carbons (Fsp3) is 0.400.